The number of cyclic esters (lactones) is 1. The van der Waals surface area contributed by atoms with Crippen molar-refractivity contribution in [3.8, 4) is 5.75 Å². The second-order valence-corrected chi connectivity index (χ2v) is 4.57. The average Bonchev–Trinajstić information content (AvgIpc) is 2.62. The van der Waals surface area contributed by atoms with Crippen molar-refractivity contribution >= 4 is 23.3 Å². The number of hydrogen-bond donors (Lipinski definition) is 1. The number of halogens is 3. The van der Waals surface area contributed by atoms with Gasteiger partial charge in [0.1, 0.15) is 11.9 Å². The fourth-order valence-corrected chi connectivity index (χ4v) is 1.94. The number of carbonyl (C=O) groups is 1. The second kappa shape index (κ2) is 5.21. The maximum Gasteiger partial charge on any atom is 0.377 e. The van der Waals surface area contributed by atoms with E-state index in [1.54, 1.807) is 18.2 Å². The van der Waals surface area contributed by atoms with E-state index in [4.69, 9.17) is 16.3 Å². The van der Waals surface area contributed by atoms with Crippen LogP contribution in [0.2, 0.25) is 5.02 Å². The minimum atomic E-state index is -3.40. The second-order valence-electron chi connectivity index (χ2n) is 4.16. The Hall–Kier alpha value is -1.56. The summed E-state index contributed by atoms with van der Waals surface area (Å²) in [7, 11) is 1.51. The van der Waals surface area contributed by atoms with Crippen LogP contribution in [-0.4, -0.2) is 31.7 Å². The lowest BCUT2D eigenvalue weighted by Gasteiger charge is -2.13. The number of nitrogens with one attached hydrogen (secondary N) is 1. The van der Waals surface area contributed by atoms with Crippen LogP contribution in [0, 0.1) is 0 Å². The summed E-state index contributed by atoms with van der Waals surface area (Å²) in [5.41, 5.74) is 0.535. The summed E-state index contributed by atoms with van der Waals surface area (Å²) in [4.78, 5) is 10.8. The summed E-state index contributed by atoms with van der Waals surface area (Å²) < 4.78 is 35.5. The first kappa shape index (κ1) is 13.9. The molecule has 2 rings (SSSR count). The topological polar surface area (TPSA) is 47.6 Å². The van der Waals surface area contributed by atoms with Gasteiger partial charge < -0.3 is 14.8 Å². The van der Waals surface area contributed by atoms with E-state index in [1.807, 2.05) is 0 Å². The molecule has 1 unspecified atom stereocenters. The van der Waals surface area contributed by atoms with E-state index in [2.05, 4.69) is 10.1 Å². The molecule has 1 aromatic rings. The van der Waals surface area contributed by atoms with Crippen molar-refractivity contribution in [1.82, 2.24) is 0 Å². The summed E-state index contributed by atoms with van der Waals surface area (Å²) >= 11 is 5.95. The Morgan fingerprint density at radius 1 is 1.58 bits per heavy atom. The van der Waals surface area contributed by atoms with E-state index < -0.39 is 24.4 Å². The van der Waals surface area contributed by atoms with Crippen molar-refractivity contribution in [3.05, 3.63) is 23.2 Å². The Bertz CT molecular complexity index is 496. The van der Waals surface area contributed by atoms with E-state index in [1.165, 1.54) is 7.11 Å². The Kier molecular flexibility index (Phi) is 3.80. The van der Waals surface area contributed by atoms with Gasteiger partial charge in [0.2, 0.25) is 0 Å². The summed E-state index contributed by atoms with van der Waals surface area (Å²) in [6.07, 6.45) is -1.50. The Labute approximate surface area is 113 Å². The SMILES string of the molecule is COc1ccc(Cl)c(NCC2CC(F)(F)C(=O)O2)c1. The van der Waals surface area contributed by atoms with Crippen LogP contribution in [0.4, 0.5) is 14.5 Å². The molecule has 1 saturated heterocycles. The van der Waals surface area contributed by atoms with Gasteiger partial charge in [0, 0.05) is 6.07 Å². The Morgan fingerprint density at radius 3 is 2.89 bits per heavy atom. The fraction of sp³-hybridized carbons (Fsp3) is 0.417. The van der Waals surface area contributed by atoms with Gasteiger partial charge in [-0.25, -0.2) is 4.79 Å². The molecule has 1 aliphatic heterocycles. The average molecular weight is 292 g/mol. The number of rotatable bonds is 4. The smallest absolute Gasteiger partial charge is 0.377 e. The highest BCUT2D eigenvalue weighted by atomic mass is 35.5. The largest absolute Gasteiger partial charge is 0.497 e. The number of carbonyl (C=O) groups excluding carboxylic acids is 1. The Morgan fingerprint density at radius 2 is 2.32 bits per heavy atom. The highest BCUT2D eigenvalue weighted by molar-refractivity contribution is 6.33. The van der Waals surface area contributed by atoms with Crippen molar-refractivity contribution in [2.75, 3.05) is 19.0 Å². The van der Waals surface area contributed by atoms with Crippen LogP contribution in [-0.2, 0) is 9.53 Å². The number of ether oxygens (including phenoxy) is 2. The van der Waals surface area contributed by atoms with Crippen molar-refractivity contribution in [3.63, 3.8) is 0 Å². The van der Waals surface area contributed by atoms with E-state index in [0.29, 0.717) is 16.5 Å². The number of benzene rings is 1. The lowest BCUT2D eigenvalue weighted by atomic mass is 10.2. The third-order valence-corrected chi connectivity index (χ3v) is 3.08. The van der Waals surface area contributed by atoms with Crippen LogP contribution in [0.15, 0.2) is 18.2 Å². The zero-order valence-electron chi connectivity index (χ0n) is 10.1. The number of anilines is 1. The molecule has 1 N–H and O–H groups in total. The molecular formula is C12H12ClF2NO3. The Balaban J connectivity index is 1.98. The van der Waals surface area contributed by atoms with Gasteiger partial charge >= 0.3 is 11.9 Å². The molecule has 7 heteroatoms. The molecule has 19 heavy (non-hydrogen) atoms. The van der Waals surface area contributed by atoms with Crippen molar-refractivity contribution in [2.24, 2.45) is 0 Å². The van der Waals surface area contributed by atoms with Gasteiger partial charge in [0.25, 0.3) is 0 Å². The molecule has 1 aromatic carbocycles. The van der Waals surface area contributed by atoms with Gasteiger partial charge in [-0.05, 0) is 12.1 Å². The molecule has 0 radical (unpaired) electrons. The molecule has 1 heterocycles. The fourth-order valence-electron chi connectivity index (χ4n) is 1.75. The van der Waals surface area contributed by atoms with E-state index in [-0.39, 0.29) is 6.54 Å². The van der Waals surface area contributed by atoms with Gasteiger partial charge in [0.15, 0.2) is 0 Å². The monoisotopic (exact) mass is 291 g/mol. The minimum absolute atomic E-state index is 0.0637. The molecule has 1 fully saturated rings. The molecule has 0 aromatic heterocycles. The standard InChI is InChI=1S/C12H12ClF2NO3/c1-18-7-2-3-9(13)10(4-7)16-6-8-5-12(14,15)11(17)19-8/h2-4,8,16H,5-6H2,1H3. The minimum Gasteiger partial charge on any atom is -0.497 e. The molecule has 0 spiro atoms. The molecular weight excluding hydrogens is 280 g/mol. The molecule has 104 valence electrons. The predicted octanol–water partition coefficient (Wildman–Crippen LogP) is 2.71. The summed E-state index contributed by atoms with van der Waals surface area (Å²) in [6, 6.07) is 4.94. The van der Waals surface area contributed by atoms with Crippen molar-refractivity contribution in [2.45, 2.75) is 18.4 Å². The first-order chi connectivity index (χ1) is 8.92. The molecule has 1 atom stereocenters. The number of hydrogen-bond acceptors (Lipinski definition) is 4. The normalized spacial score (nSPS) is 21.1. The lowest BCUT2D eigenvalue weighted by Crippen LogP contribution is -2.22. The summed E-state index contributed by atoms with van der Waals surface area (Å²) in [5, 5.41) is 3.29. The van der Waals surface area contributed by atoms with Crippen LogP contribution in [0.3, 0.4) is 0 Å². The third kappa shape index (κ3) is 3.07. The highest BCUT2D eigenvalue weighted by Gasteiger charge is 2.50. The first-order valence-electron chi connectivity index (χ1n) is 5.58. The molecule has 0 bridgehead atoms. The zero-order chi connectivity index (χ0) is 14.0. The van der Waals surface area contributed by atoms with Crippen LogP contribution in [0.5, 0.6) is 5.75 Å². The predicted molar refractivity (Wildman–Crippen MR) is 65.9 cm³/mol. The van der Waals surface area contributed by atoms with Gasteiger partial charge in [0.05, 0.1) is 30.8 Å². The molecule has 0 aliphatic carbocycles. The highest BCUT2D eigenvalue weighted by Crippen LogP contribution is 2.32. The maximum atomic E-state index is 13.0. The molecule has 0 amide bonds. The van der Waals surface area contributed by atoms with E-state index in [0.717, 1.165) is 0 Å². The van der Waals surface area contributed by atoms with Crippen LogP contribution >= 0.6 is 11.6 Å². The van der Waals surface area contributed by atoms with Gasteiger partial charge in [-0.1, -0.05) is 11.6 Å². The van der Waals surface area contributed by atoms with Crippen LogP contribution in [0.25, 0.3) is 0 Å². The number of esters is 1. The summed E-state index contributed by atoms with van der Waals surface area (Å²) in [6.45, 7) is 0.0637. The quantitative estimate of drug-likeness (QED) is 0.867. The molecule has 1 aliphatic rings. The molecule has 4 nitrogen and oxygen atoms in total. The number of methoxy groups -OCH3 is 1. The van der Waals surface area contributed by atoms with E-state index >= 15 is 0 Å². The van der Waals surface area contributed by atoms with E-state index in [9.17, 15) is 13.6 Å². The third-order valence-electron chi connectivity index (χ3n) is 2.75. The molecule has 0 saturated carbocycles. The summed E-state index contributed by atoms with van der Waals surface area (Å²) in [5.74, 6) is -4.29. The van der Waals surface area contributed by atoms with Gasteiger partial charge in [-0.15, -0.1) is 0 Å². The number of alkyl halides is 2. The zero-order valence-corrected chi connectivity index (χ0v) is 10.8. The maximum absolute atomic E-state index is 13.0. The van der Waals surface area contributed by atoms with Crippen LogP contribution < -0.4 is 10.1 Å². The lowest BCUT2D eigenvalue weighted by molar-refractivity contribution is -0.158. The van der Waals surface area contributed by atoms with Crippen molar-refractivity contribution < 1.29 is 23.0 Å². The van der Waals surface area contributed by atoms with Gasteiger partial charge in [-0.2, -0.15) is 8.78 Å². The van der Waals surface area contributed by atoms with Crippen molar-refractivity contribution in [1.29, 1.82) is 0 Å². The first-order valence-corrected chi connectivity index (χ1v) is 5.96. The van der Waals surface area contributed by atoms with Gasteiger partial charge in [-0.3, -0.25) is 0 Å². The van der Waals surface area contributed by atoms with Crippen LogP contribution in [0.1, 0.15) is 6.42 Å².